The average Bonchev–Trinajstić information content (AvgIpc) is 3.29. The van der Waals surface area contributed by atoms with Gasteiger partial charge in [-0.25, -0.2) is 9.11 Å². The van der Waals surface area contributed by atoms with Gasteiger partial charge in [-0.15, -0.1) is 0 Å². The van der Waals surface area contributed by atoms with Gasteiger partial charge in [-0.2, -0.15) is 12.7 Å². The molecule has 1 aliphatic heterocycles. The predicted molar refractivity (Wildman–Crippen MR) is 79.7 cm³/mol. The Hall–Kier alpha value is -1.47. The molecule has 2 fully saturated rings. The zero-order chi connectivity index (χ0) is 15.7. The lowest BCUT2D eigenvalue weighted by Gasteiger charge is -2.25. The molecule has 0 aromatic heterocycles. The minimum absolute atomic E-state index is 0.224. The highest BCUT2D eigenvalue weighted by molar-refractivity contribution is 7.87. The number of piperidine rings is 1. The van der Waals surface area contributed by atoms with Crippen LogP contribution in [-0.2, 0) is 15.0 Å². The van der Waals surface area contributed by atoms with Gasteiger partial charge in [0.15, 0.2) is 0 Å². The molecule has 1 aromatic carbocycles. The Morgan fingerprint density at radius 3 is 2.55 bits per heavy atom. The number of rotatable bonds is 4. The van der Waals surface area contributed by atoms with Gasteiger partial charge in [0.05, 0.1) is 0 Å². The molecule has 0 unspecified atom stereocenters. The molecule has 120 valence electrons. The van der Waals surface area contributed by atoms with E-state index in [9.17, 15) is 17.6 Å². The Morgan fingerprint density at radius 1 is 1.18 bits per heavy atom. The van der Waals surface area contributed by atoms with Gasteiger partial charge in [0.2, 0.25) is 5.91 Å². The van der Waals surface area contributed by atoms with Crippen LogP contribution in [-0.4, -0.2) is 31.7 Å². The van der Waals surface area contributed by atoms with E-state index in [0.717, 1.165) is 19.3 Å². The van der Waals surface area contributed by atoms with Crippen LogP contribution < -0.4 is 4.72 Å². The third-order valence-corrected chi connectivity index (χ3v) is 5.82. The summed E-state index contributed by atoms with van der Waals surface area (Å²) in [5.41, 5.74) is 0.484. The number of hydrogen-bond acceptors (Lipinski definition) is 3. The summed E-state index contributed by atoms with van der Waals surface area (Å²) < 4.78 is 41.5. The van der Waals surface area contributed by atoms with Gasteiger partial charge in [0.25, 0.3) is 0 Å². The fourth-order valence-electron chi connectivity index (χ4n) is 2.98. The number of amides is 1. The second-order valence-corrected chi connectivity index (χ2v) is 7.57. The van der Waals surface area contributed by atoms with E-state index in [-0.39, 0.29) is 11.7 Å². The highest BCUT2D eigenvalue weighted by atomic mass is 32.2. The van der Waals surface area contributed by atoms with Crippen LogP contribution in [0.25, 0.3) is 0 Å². The van der Waals surface area contributed by atoms with Crippen molar-refractivity contribution in [1.29, 1.82) is 0 Å². The molecule has 0 spiro atoms. The summed E-state index contributed by atoms with van der Waals surface area (Å²) in [6.45, 7) is 0.897. The molecule has 5 nitrogen and oxygen atoms in total. The Bertz CT molecular complexity index is 671. The van der Waals surface area contributed by atoms with Gasteiger partial charge < -0.3 is 0 Å². The summed E-state index contributed by atoms with van der Waals surface area (Å²) in [6.07, 6.45) is 3.13. The first-order valence-electron chi connectivity index (χ1n) is 7.55. The summed E-state index contributed by atoms with van der Waals surface area (Å²) in [5, 5.41) is 0. The number of carbonyl (C=O) groups is 1. The van der Waals surface area contributed by atoms with Crippen LogP contribution in [0.2, 0.25) is 0 Å². The van der Waals surface area contributed by atoms with Crippen molar-refractivity contribution in [3.63, 3.8) is 0 Å². The molecule has 3 rings (SSSR count). The Balaban J connectivity index is 1.63. The molecular formula is C15H19FN2O3S. The highest BCUT2D eigenvalue weighted by Crippen LogP contribution is 2.48. The standard InChI is InChI=1S/C15H19FN2O3S/c16-14-7-3-2-6-11(14)12-10-13(12)15(19)17-22(20,21)18-8-4-1-5-9-18/h2-3,6-7,12-13H,1,4-5,8-10H2,(H,17,19)/t12-,13-/m1/s1. The van der Waals surface area contributed by atoms with E-state index in [2.05, 4.69) is 4.72 Å². The van der Waals surface area contributed by atoms with Crippen molar-refractivity contribution in [3.05, 3.63) is 35.6 Å². The molecule has 1 N–H and O–H groups in total. The molecule has 2 atom stereocenters. The number of benzene rings is 1. The first kappa shape index (κ1) is 15.4. The largest absolute Gasteiger partial charge is 0.303 e. The first-order chi connectivity index (χ1) is 10.5. The zero-order valence-electron chi connectivity index (χ0n) is 12.2. The lowest BCUT2D eigenvalue weighted by Crippen LogP contribution is -2.46. The van der Waals surface area contributed by atoms with Crippen molar-refractivity contribution in [2.75, 3.05) is 13.1 Å². The Labute approximate surface area is 129 Å². The molecular weight excluding hydrogens is 307 g/mol. The molecule has 1 saturated heterocycles. The van der Waals surface area contributed by atoms with Gasteiger partial charge in [-0.1, -0.05) is 24.6 Å². The summed E-state index contributed by atoms with van der Waals surface area (Å²) in [5.74, 6) is -1.56. The second kappa shape index (κ2) is 5.96. The summed E-state index contributed by atoms with van der Waals surface area (Å²) >= 11 is 0. The van der Waals surface area contributed by atoms with Crippen molar-refractivity contribution < 1.29 is 17.6 Å². The number of hydrogen-bond donors (Lipinski definition) is 1. The third-order valence-electron chi connectivity index (χ3n) is 4.32. The van der Waals surface area contributed by atoms with Crippen molar-refractivity contribution in [2.24, 2.45) is 5.92 Å². The molecule has 7 heteroatoms. The van der Waals surface area contributed by atoms with Crippen molar-refractivity contribution in [1.82, 2.24) is 9.03 Å². The molecule has 1 saturated carbocycles. The van der Waals surface area contributed by atoms with Crippen LogP contribution in [0.15, 0.2) is 24.3 Å². The Kier molecular flexibility index (Phi) is 4.18. The molecule has 0 bridgehead atoms. The van der Waals surface area contributed by atoms with E-state index < -0.39 is 22.0 Å². The monoisotopic (exact) mass is 326 g/mol. The Morgan fingerprint density at radius 2 is 1.86 bits per heavy atom. The fourth-order valence-corrected chi connectivity index (χ4v) is 4.25. The highest BCUT2D eigenvalue weighted by Gasteiger charge is 2.46. The van der Waals surface area contributed by atoms with Crippen molar-refractivity contribution in [3.8, 4) is 0 Å². The molecule has 1 aliphatic carbocycles. The van der Waals surface area contributed by atoms with E-state index in [4.69, 9.17) is 0 Å². The normalized spacial score (nSPS) is 25.7. The van der Waals surface area contributed by atoms with Crippen molar-refractivity contribution >= 4 is 16.1 Å². The molecule has 2 aliphatic rings. The maximum Gasteiger partial charge on any atom is 0.303 e. The summed E-state index contributed by atoms with van der Waals surface area (Å²) in [6, 6.07) is 6.31. The molecule has 1 heterocycles. The van der Waals surface area contributed by atoms with Gasteiger partial charge in [-0.3, -0.25) is 4.79 Å². The minimum atomic E-state index is -3.76. The second-order valence-electron chi connectivity index (χ2n) is 5.90. The van der Waals surface area contributed by atoms with Gasteiger partial charge in [0, 0.05) is 19.0 Å². The lowest BCUT2D eigenvalue weighted by atomic mass is 10.1. The van der Waals surface area contributed by atoms with E-state index >= 15 is 0 Å². The molecule has 1 amide bonds. The third kappa shape index (κ3) is 3.15. The molecule has 1 aromatic rings. The minimum Gasteiger partial charge on any atom is -0.274 e. The van der Waals surface area contributed by atoms with E-state index in [1.807, 2.05) is 0 Å². The van der Waals surface area contributed by atoms with Crippen LogP contribution in [0.5, 0.6) is 0 Å². The van der Waals surface area contributed by atoms with Crippen LogP contribution in [0, 0.1) is 11.7 Å². The first-order valence-corrected chi connectivity index (χ1v) is 8.99. The van der Waals surface area contributed by atoms with E-state index in [1.165, 1.54) is 10.4 Å². The average molecular weight is 326 g/mol. The van der Waals surface area contributed by atoms with Crippen LogP contribution in [0.3, 0.4) is 0 Å². The number of nitrogens with one attached hydrogen (secondary N) is 1. The van der Waals surface area contributed by atoms with Gasteiger partial charge in [0.1, 0.15) is 5.82 Å². The van der Waals surface area contributed by atoms with Crippen LogP contribution in [0.4, 0.5) is 4.39 Å². The number of nitrogens with zero attached hydrogens (tertiary/aromatic N) is 1. The fraction of sp³-hybridized carbons (Fsp3) is 0.533. The van der Waals surface area contributed by atoms with Crippen LogP contribution >= 0.6 is 0 Å². The zero-order valence-corrected chi connectivity index (χ0v) is 13.0. The lowest BCUT2D eigenvalue weighted by molar-refractivity contribution is -0.120. The SMILES string of the molecule is O=C(NS(=O)(=O)N1CCCCC1)[C@@H]1C[C@@H]1c1ccccc1F. The van der Waals surface area contributed by atoms with E-state index in [0.29, 0.717) is 25.1 Å². The quantitative estimate of drug-likeness (QED) is 0.917. The van der Waals surface area contributed by atoms with Gasteiger partial charge in [-0.05, 0) is 36.8 Å². The number of carbonyl (C=O) groups excluding carboxylic acids is 1. The maximum atomic E-state index is 13.7. The predicted octanol–water partition coefficient (Wildman–Crippen LogP) is 1.78. The summed E-state index contributed by atoms with van der Waals surface area (Å²) in [7, 11) is -3.76. The molecule has 22 heavy (non-hydrogen) atoms. The number of halogens is 1. The smallest absolute Gasteiger partial charge is 0.274 e. The molecule has 0 radical (unpaired) electrons. The van der Waals surface area contributed by atoms with Gasteiger partial charge >= 0.3 is 10.2 Å². The van der Waals surface area contributed by atoms with E-state index in [1.54, 1.807) is 18.2 Å². The van der Waals surface area contributed by atoms with Crippen molar-refractivity contribution in [2.45, 2.75) is 31.6 Å². The maximum absolute atomic E-state index is 13.7. The topological polar surface area (TPSA) is 66.5 Å². The van der Waals surface area contributed by atoms with Crippen LogP contribution in [0.1, 0.15) is 37.2 Å². The summed E-state index contributed by atoms with van der Waals surface area (Å²) in [4.78, 5) is 12.1.